The molecular formula is C18H24N2O6S. The zero-order valence-corrected chi connectivity index (χ0v) is 16.0. The molecule has 1 saturated heterocycles. The first-order chi connectivity index (χ1) is 12.8. The molecule has 0 bridgehead atoms. The van der Waals surface area contributed by atoms with Crippen molar-refractivity contribution in [3.8, 4) is 11.5 Å². The van der Waals surface area contributed by atoms with E-state index in [1.165, 1.54) is 0 Å². The molecule has 2 N–H and O–H groups in total. The number of amides is 2. The minimum atomic E-state index is -3.07. The van der Waals surface area contributed by atoms with E-state index in [4.69, 9.17) is 9.47 Å². The molecule has 8 nitrogen and oxygen atoms in total. The lowest BCUT2D eigenvalue weighted by Crippen LogP contribution is -2.47. The normalized spacial score (nSPS) is 21.9. The Bertz CT molecular complexity index is 802. The second kappa shape index (κ2) is 7.75. The van der Waals surface area contributed by atoms with Gasteiger partial charge in [-0.15, -0.1) is 0 Å². The maximum Gasteiger partial charge on any atom is 0.235 e. The molecule has 2 aliphatic rings. The summed E-state index contributed by atoms with van der Waals surface area (Å²) in [5.41, 5.74) is -1.06. The van der Waals surface area contributed by atoms with Gasteiger partial charge < -0.3 is 20.1 Å². The number of hydrogen-bond donors (Lipinski definition) is 2. The molecule has 1 aromatic rings. The van der Waals surface area contributed by atoms with Gasteiger partial charge in [0.1, 0.15) is 23.5 Å². The van der Waals surface area contributed by atoms with Gasteiger partial charge in [-0.05, 0) is 43.5 Å². The summed E-state index contributed by atoms with van der Waals surface area (Å²) in [6.45, 7) is 0.550. The first-order valence-electron chi connectivity index (χ1n) is 8.91. The number of rotatable bonds is 8. The maximum atomic E-state index is 12.4. The van der Waals surface area contributed by atoms with E-state index >= 15 is 0 Å². The van der Waals surface area contributed by atoms with Crippen molar-refractivity contribution < 1.29 is 27.5 Å². The van der Waals surface area contributed by atoms with Crippen LogP contribution in [0.15, 0.2) is 24.3 Å². The van der Waals surface area contributed by atoms with Crippen molar-refractivity contribution in [2.45, 2.75) is 25.3 Å². The monoisotopic (exact) mass is 396 g/mol. The van der Waals surface area contributed by atoms with Crippen LogP contribution in [0.5, 0.6) is 11.5 Å². The van der Waals surface area contributed by atoms with Gasteiger partial charge in [-0.3, -0.25) is 9.59 Å². The minimum Gasteiger partial charge on any atom is -0.497 e. The first kappa shape index (κ1) is 19.5. The van der Waals surface area contributed by atoms with E-state index in [1.807, 2.05) is 0 Å². The van der Waals surface area contributed by atoms with E-state index in [-0.39, 0.29) is 36.5 Å². The predicted molar refractivity (Wildman–Crippen MR) is 98.4 cm³/mol. The lowest BCUT2D eigenvalue weighted by atomic mass is 10.0. The van der Waals surface area contributed by atoms with Crippen molar-refractivity contribution in [2.24, 2.45) is 5.41 Å². The summed E-state index contributed by atoms with van der Waals surface area (Å²) in [7, 11) is -1.49. The summed E-state index contributed by atoms with van der Waals surface area (Å²) in [6, 6.07) is 6.70. The zero-order valence-electron chi connectivity index (χ0n) is 15.2. The van der Waals surface area contributed by atoms with Crippen LogP contribution in [-0.2, 0) is 19.4 Å². The summed E-state index contributed by atoms with van der Waals surface area (Å²) in [6.07, 6.45) is 1.36. The average Bonchev–Trinajstić information content (AvgIpc) is 3.39. The molecule has 1 unspecified atom stereocenters. The van der Waals surface area contributed by atoms with Crippen molar-refractivity contribution in [1.82, 2.24) is 10.6 Å². The molecule has 0 spiro atoms. The molecule has 2 fully saturated rings. The Morgan fingerprint density at radius 3 is 2.37 bits per heavy atom. The minimum absolute atomic E-state index is 0.0495. The van der Waals surface area contributed by atoms with Crippen molar-refractivity contribution in [1.29, 1.82) is 0 Å². The number of ether oxygens (including phenoxy) is 2. The van der Waals surface area contributed by atoms with Crippen LogP contribution in [-0.4, -0.2) is 58.0 Å². The Balaban J connectivity index is 1.42. The Hall–Kier alpha value is -2.29. The fraction of sp³-hybridized carbons (Fsp3) is 0.556. The molecule has 1 saturated carbocycles. The summed E-state index contributed by atoms with van der Waals surface area (Å²) in [4.78, 5) is 24.8. The molecule has 0 aromatic heterocycles. The molecule has 1 atom stereocenters. The van der Waals surface area contributed by atoms with Gasteiger partial charge in [-0.25, -0.2) is 8.42 Å². The smallest absolute Gasteiger partial charge is 0.235 e. The van der Waals surface area contributed by atoms with Crippen LogP contribution in [0.4, 0.5) is 0 Å². The molecule has 2 amide bonds. The molecule has 3 rings (SSSR count). The van der Waals surface area contributed by atoms with Crippen molar-refractivity contribution in [2.75, 3.05) is 31.8 Å². The highest BCUT2D eigenvalue weighted by molar-refractivity contribution is 7.91. The first-order valence-corrected chi connectivity index (χ1v) is 10.7. The third-order valence-corrected chi connectivity index (χ3v) is 6.67. The van der Waals surface area contributed by atoms with Crippen LogP contribution in [0.2, 0.25) is 0 Å². The van der Waals surface area contributed by atoms with E-state index in [9.17, 15) is 18.0 Å². The van der Waals surface area contributed by atoms with Crippen LogP contribution in [0, 0.1) is 5.41 Å². The van der Waals surface area contributed by atoms with Gasteiger partial charge in [-0.2, -0.15) is 0 Å². The molecule has 9 heteroatoms. The fourth-order valence-corrected chi connectivity index (χ4v) is 4.76. The second-order valence-electron chi connectivity index (χ2n) is 6.94. The summed E-state index contributed by atoms with van der Waals surface area (Å²) >= 11 is 0. The van der Waals surface area contributed by atoms with Crippen LogP contribution in [0.25, 0.3) is 0 Å². The van der Waals surface area contributed by atoms with Crippen molar-refractivity contribution in [3.63, 3.8) is 0 Å². The molecule has 1 aliphatic carbocycles. The van der Waals surface area contributed by atoms with Gasteiger partial charge in [-0.1, -0.05) is 0 Å². The van der Waals surface area contributed by atoms with Crippen LogP contribution in [0.3, 0.4) is 0 Å². The van der Waals surface area contributed by atoms with Gasteiger partial charge in [0.05, 0.1) is 25.2 Å². The number of methoxy groups -OCH3 is 1. The van der Waals surface area contributed by atoms with Gasteiger partial charge >= 0.3 is 0 Å². The number of carbonyl (C=O) groups is 2. The lowest BCUT2D eigenvalue weighted by molar-refractivity contribution is -0.137. The molecule has 1 heterocycles. The number of benzene rings is 1. The number of nitrogens with one attached hydrogen (secondary N) is 2. The largest absolute Gasteiger partial charge is 0.497 e. The highest BCUT2D eigenvalue weighted by atomic mass is 32.2. The van der Waals surface area contributed by atoms with Gasteiger partial charge in [0.15, 0.2) is 9.84 Å². The summed E-state index contributed by atoms with van der Waals surface area (Å²) in [5.74, 6) is 0.711. The van der Waals surface area contributed by atoms with Gasteiger partial charge in [0, 0.05) is 6.04 Å². The van der Waals surface area contributed by atoms with Crippen LogP contribution < -0.4 is 20.1 Å². The number of carbonyl (C=O) groups excluding carboxylic acids is 2. The SMILES string of the molecule is COc1ccc(OCCNC(=O)C2(C(=O)NC3CCS(=O)(=O)C3)CC2)cc1. The van der Waals surface area contributed by atoms with E-state index in [1.54, 1.807) is 31.4 Å². The standard InChI is InChI=1S/C18H24N2O6S/c1-25-14-2-4-15(5-3-14)26-10-9-19-16(21)18(7-8-18)17(22)20-13-6-11-27(23,24)12-13/h2-5,13H,6-12H2,1H3,(H,19,21)(H,20,22). The molecule has 148 valence electrons. The highest BCUT2D eigenvalue weighted by Gasteiger charge is 2.56. The third-order valence-electron chi connectivity index (χ3n) is 4.90. The Morgan fingerprint density at radius 2 is 1.81 bits per heavy atom. The third kappa shape index (κ3) is 4.71. The number of hydrogen-bond acceptors (Lipinski definition) is 6. The van der Waals surface area contributed by atoms with E-state index in [2.05, 4.69) is 10.6 Å². The Labute approximate surface area is 158 Å². The van der Waals surface area contributed by atoms with Crippen molar-refractivity contribution >= 4 is 21.7 Å². The topological polar surface area (TPSA) is 111 Å². The molecule has 0 radical (unpaired) electrons. The summed E-state index contributed by atoms with van der Waals surface area (Å²) < 4.78 is 33.6. The molecule has 1 aromatic carbocycles. The summed E-state index contributed by atoms with van der Waals surface area (Å²) in [5, 5.41) is 5.46. The Morgan fingerprint density at radius 1 is 1.15 bits per heavy atom. The molecule has 27 heavy (non-hydrogen) atoms. The van der Waals surface area contributed by atoms with Gasteiger partial charge in [0.2, 0.25) is 11.8 Å². The lowest BCUT2D eigenvalue weighted by Gasteiger charge is -2.18. The van der Waals surface area contributed by atoms with E-state index in [0.29, 0.717) is 25.0 Å². The van der Waals surface area contributed by atoms with Crippen LogP contribution >= 0.6 is 0 Å². The zero-order chi connectivity index (χ0) is 19.5. The predicted octanol–water partition coefficient (Wildman–Crippen LogP) is 0.274. The fourth-order valence-electron chi connectivity index (χ4n) is 3.09. The van der Waals surface area contributed by atoms with E-state index < -0.39 is 21.3 Å². The molecule has 1 aliphatic heterocycles. The Kier molecular flexibility index (Phi) is 5.59. The maximum absolute atomic E-state index is 12.4. The van der Waals surface area contributed by atoms with E-state index in [0.717, 1.165) is 5.75 Å². The second-order valence-corrected chi connectivity index (χ2v) is 9.16. The van der Waals surface area contributed by atoms with Crippen molar-refractivity contribution in [3.05, 3.63) is 24.3 Å². The number of sulfone groups is 1. The van der Waals surface area contributed by atoms with Crippen LogP contribution in [0.1, 0.15) is 19.3 Å². The van der Waals surface area contributed by atoms with Gasteiger partial charge in [0.25, 0.3) is 0 Å². The highest BCUT2D eigenvalue weighted by Crippen LogP contribution is 2.46. The average molecular weight is 396 g/mol. The quantitative estimate of drug-likeness (QED) is 0.482. The molecular weight excluding hydrogens is 372 g/mol.